The minimum absolute atomic E-state index is 0.572. The van der Waals surface area contributed by atoms with Gasteiger partial charge in [0.15, 0.2) is 0 Å². The van der Waals surface area contributed by atoms with E-state index in [1.165, 1.54) is 17.8 Å². The minimum Gasteiger partial charge on any atom is -0.396 e. The van der Waals surface area contributed by atoms with Crippen molar-refractivity contribution < 1.29 is 4.74 Å². The molecule has 2 N–H and O–H groups in total. The predicted molar refractivity (Wildman–Crippen MR) is 82.0 cm³/mol. The Kier molecular flexibility index (Phi) is 4.97. The molecule has 19 heavy (non-hydrogen) atoms. The lowest BCUT2D eigenvalue weighted by atomic mass is 10.0. The second kappa shape index (κ2) is 6.51. The Hall–Kier alpha value is -0.900. The maximum Gasteiger partial charge on any atom is 0.131 e. The Labute approximate surface area is 122 Å². The Morgan fingerprint density at radius 2 is 2.42 bits per heavy atom. The third-order valence-electron chi connectivity index (χ3n) is 3.32. The van der Waals surface area contributed by atoms with Gasteiger partial charge in [-0.15, -0.1) is 23.1 Å². The molecular weight excluding hydrogens is 278 g/mol. The molecule has 1 unspecified atom stereocenters. The van der Waals surface area contributed by atoms with E-state index in [9.17, 15) is 0 Å². The first-order valence-electron chi connectivity index (χ1n) is 6.32. The van der Waals surface area contributed by atoms with Gasteiger partial charge in [0.1, 0.15) is 15.9 Å². The fourth-order valence-corrected chi connectivity index (χ4v) is 4.35. The summed E-state index contributed by atoms with van der Waals surface area (Å²) in [7, 11) is 2.07. The van der Waals surface area contributed by atoms with Crippen molar-refractivity contribution in [3.05, 3.63) is 4.88 Å². The van der Waals surface area contributed by atoms with Crippen LogP contribution >= 0.6 is 23.1 Å². The SMILES string of the molecule is CSc1c(N(C)CC2CCCOC2)sc(C#N)c1N. The fraction of sp³-hybridized carbons (Fsp3) is 0.615. The van der Waals surface area contributed by atoms with E-state index < -0.39 is 0 Å². The Bertz CT molecular complexity index is 475. The van der Waals surface area contributed by atoms with E-state index in [4.69, 9.17) is 15.7 Å². The Morgan fingerprint density at radius 3 is 3.00 bits per heavy atom. The van der Waals surface area contributed by atoms with Gasteiger partial charge in [-0.1, -0.05) is 0 Å². The van der Waals surface area contributed by atoms with Crippen LogP contribution in [-0.4, -0.2) is 33.1 Å². The molecule has 1 aromatic heterocycles. The molecule has 0 saturated carbocycles. The standard InChI is InChI=1S/C13H19N3OS2/c1-16(7-9-4-3-5-17-8-9)13-12(18-2)11(15)10(6-14)19-13/h9H,3-5,7-8,15H2,1-2H3. The molecule has 1 fully saturated rings. The highest BCUT2D eigenvalue weighted by atomic mass is 32.2. The smallest absolute Gasteiger partial charge is 0.131 e. The number of nitrogens with two attached hydrogens (primary N) is 1. The summed E-state index contributed by atoms with van der Waals surface area (Å²) in [5, 5.41) is 10.2. The number of nitrogens with zero attached hydrogens (tertiary/aromatic N) is 2. The number of hydrogen-bond acceptors (Lipinski definition) is 6. The predicted octanol–water partition coefficient (Wildman–Crippen LogP) is 2.79. The maximum atomic E-state index is 9.09. The van der Waals surface area contributed by atoms with E-state index >= 15 is 0 Å². The molecule has 0 amide bonds. The number of nitriles is 1. The van der Waals surface area contributed by atoms with Gasteiger partial charge in [0, 0.05) is 20.2 Å². The van der Waals surface area contributed by atoms with Crippen molar-refractivity contribution in [1.82, 2.24) is 0 Å². The highest BCUT2D eigenvalue weighted by molar-refractivity contribution is 7.99. The molecule has 0 aliphatic carbocycles. The molecule has 4 nitrogen and oxygen atoms in total. The minimum atomic E-state index is 0.572. The summed E-state index contributed by atoms with van der Waals surface area (Å²) in [6.45, 7) is 2.68. The number of thioether (sulfide) groups is 1. The molecule has 1 atom stereocenters. The number of rotatable bonds is 4. The van der Waals surface area contributed by atoms with Crippen LogP contribution in [-0.2, 0) is 4.74 Å². The van der Waals surface area contributed by atoms with Crippen LogP contribution in [0.5, 0.6) is 0 Å². The van der Waals surface area contributed by atoms with Crippen molar-refractivity contribution in [3.8, 4) is 6.07 Å². The summed E-state index contributed by atoms with van der Waals surface area (Å²) >= 11 is 3.10. The molecule has 2 heterocycles. The number of thiophene rings is 1. The van der Waals surface area contributed by atoms with Crippen LogP contribution in [0.3, 0.4) is 0 Å². The molecule has 2 rings (SSSR count). The summed E-state index contributed by atoms with van der Waals surface area (Å²) in [6, 6.07) is 2.18. The van der Waals surface area contributed by atoms with Crippen molar-refractivity contribution in [2.45, 2.75) is 17.7 Å². The lowest BCUT2D eigenvalue weighted by Gasteiger charge is -2.28. The number of anilines is 2. The second-order valence-corrected chi connectivity index (χ2v) is 6.57. The van der Waals surface area contributed by atoms with E-state index in [0.717, 1.165) is 36.1 Å². The highest BCUT2D eigenvalue weighted by Crippen LogP contribution is 2.43. The Balaban J connectivity index is 2.14. The topological polar surface area (TPSA) is 62.3 Å². The van der Waals surface area contributed by atoms with Gasteiger partial charge in [0.25, 0.3) is 0 Å². The first-order valence-corrected chi connectivity index (χ1v) is 8.36. The van der Waals surface area contributed by atoms with Crippen molar-refractivity contribution >= 4 is 33.8 Å². The van der Waals surface area contributed by atoms with Crippen LogP contribution in [0.1, 0.15) is 17.7 Å². The van der Waals surface area contributed by atoms with Gasteiger partial charge >= 0.3 is 0 Å². The molecule has 0 spiro atoms. The van der Waals surface area contributed by atoms with Gasteiger partial charge in [-0.3, -0.25) is 0 Å². The van der Waals surface area contributed by atoms with Crippen LogP contribution in [0.15, 0.2) is 4.90 Å². The first-order chi connectivity index (χ1) is 9.17. The normalized spacial score (nSPS) is 19.1. The van der Waals surface area contributed by atoms with Crippen molar-refractivity contribution in [3.63, 3.8) is 0 Å². The van der Waals surface area contributed by atoms with Gasteiger partial charge in [0.2, 0.25) is 0 Å². The van der Waals surface area contributed by atoms with E-state index in [1.807, 2.05) is 6.26 Å². The van der Waals surface area contributed by atoms with Crippen LogP contribution in [0.4, 0.5) is 10.7 Å². The largest absolute Gasteiger partial charge is 0.396 e. The Morgan fingerprint density at radius 1 is 1.63 bits per heavy atom. The number of nitrogen functional groups attached to an aromatic ring is 1. The molecule has 104 valence electrons. The van der Waals surface area contributed by atoms with Crippen LogP contribution in [0.2, 0.25) is 0 Å². The molecular formula is C13H19N3OS2. The monoisotopic (exact) mass is 297 g/mol. The summed E-state index contributed by atoms with van der Waals surface area (Å²) < 4.78 is 5.52. The zero-order valence-corrected chi connectivity index (χ0v) is 12.9. The first kappa shape index (κ1) is 14.5. The van der Waals surface area contributed by atoms with Crippen molar-refractivity contribution in [1.29, 1.82) is 5.26 Å². The van der Waals surface area contributed by atoms with E-state index in [-0.39, 0.29) is 0 Å². The zero-order chi connectivity index (χ0) is 13.8. The molecule has 1 aliphatic rings. The van der Waals surface area contributed by atoms with Crippen LogP contribution in [0.25, 0.3) is 0 Å². The van der Waals surface area contributed by atoms with Gasteiger partial charge in [0.05, 0.1) is 17.2 Å². The highest BCUT2D eigenvalue weighted by Gasteiger charge is 2.21. The average Bonchev–Trinajstić information content (AvgIpc) is 2.76. The van der Waals surface area contributed by atoms with Crippen molar-refractivity contribution in [2.24, 2.45) is 5.92 Å². The lowest BCUT2D eigenvalue weighted by Crippen LogP contribution is -2.30. The maximum absolute atomic E-state index is 9.09. The third-order valence-corrected chi connectivity index (χ3v) is 5.50. The molecule has 1 aromatic rings. The molecule has 1 saturated heterocycles. The summed E-state index contributed by atoms with van der Waals surface area (Å²) in [4.78, 5) is 3.86. The second-order valence-electron chi connectivity index (χ2n) is 4.76. The van der Waals surface area contributed by atoms with Gasteiger partial charge in [-0.25, -0.2) is 0 Å². The van der Waals surface area contributed by atoms with Gasteiger partial charge < -0.3 is 15.4 Å². The molecule has 0 aromatic carbocycles. The van der Waals surface area contributed by atoms with E-state index in [2.05, 4.69) is 18.0 Å². The van der Waals surface area contributed by atoms with E-state index in [0.29, 0.717) is 16.5 Å². The number of ether oxygens (including phenoxy) is 1. The quantitative estimate of drug-likeness (QED) is 0.866. The summed E-state index contributed by atoms with van der Waals surface area (Å²) in [5.74, 6) is 0.572. The lowest BCUT2D eigenvalue weighted by molar-refractivity contribution is 0.0576. The third kappa shape index (κ3) is 3.16. The zero-order valence-electron chi connectivity index (χ0n) is 11.3. The van der Waals surface area contributed by atoms with Gasteiger partial charge in [-0.2, -0.15) is 5.26 Å². The molecule has 6 heteroatoms. The van der Waals surface area contributed by atoms with Crippen molar-refractivity contribution in [2.75, 3.05) is 43.7 Å². The average molecular weight is 297 g/mol. The molecule has 1 aliphatic heterocycles. The molecule has 0 radical (unpaired) electrons. The summed E-state index contributed by atoms with van der Waals surface area (Å²) in [6.07, 6.45) is 4.36. The van der Waals surface area contributed by atoms with Crippen LogP contribution < -0.4 is 10.6 Å². The summed E-state index contributed by atoms with van der Waals surface area (Å²) in [5.41, 5.74) is 6.64. The van der Waals surface area contributed by atoms with E-state index in [1.54, 1.807) is 11.8 Å². The van der Waals surface area contributed by atoms with Crippen LogP contribution in [0, 0.1) is 17.2 Å². The number of hydrogen-bond donors (Lipinski definition) is 1. The fourth-order valence-electron chi connectivity index (χ4n) is 2.37. The van der Waals surface area contributed by atoms with Gasteiger partial charge in [-0.05, 0) is 25.0 Å². The molecule has 0 bridgehead atoms.